The molecule has 4 N–H and O–H groups in total. The third-order valence-electron chi connectivity index (χ3n) is 16.2. The number of carbonyl (C=O) groups excluding carboxylic acids is 5. The highest BCUT2D eigenvalue weighted by Gasteiger charge is 2.33. The summed E-state index contributed by atoms with van der Waals surface area (Å²) in [5, 5.41) is 19.1. The van der Waals surface area contributed by atoms with Crippen molar-refractivity contribution in [3.05, 3.63) is 72.1 Å². The molecular weight excluding hydrogens is 1220 g/mol. The number of halogens is 1. The van der Waals surface area contributed by atoms with Crippen molar-refractivity contribution in [1.29, 1.82) is 0 Å². The topological polar surface area (TPSA) is 270 Å². The van der Waals surface area contributed by atoms with Crippen LogP contribution in [-0.2, 0) is 31.9 Å². The predicted octanol–water partition coefficient (Wildman–Crippen LogP) is 11.5. The first-order chi connectivity index (χ1) is 45.0. The van der Waals surface area contributed by atoms with Gasteiger partial charge < -0.3 is 64.5 Å². The number of rotatable bonds is 22. The number of hydrogen-bond donors (Lipinski definition) is 4. The lowest BCUT2D eigenvalue weighted by molar-refractivity contribution is -0.155. The Labute approximate surface area is 560 Å². The van der Waals surface area contributed by atoms with Crippen LogP contribution in [0.2, 0.25) is 0 Å². The molecule has 0 bridgehead atoms. The Balaban J connectivity index is 0.000000258. The molecule has 5 aliphatic heterocycles. The standard InChI is InChI=1S/C30H43ClN6O5.C30H43N7O5.C4H9N.C4H8O/c1-8-35(9-2)28-32-19-24(37(20(3)4)27(31)39)25(34-28)33-23(26(38)42-30(5,6)7)18-21-12-14-22(15-13-21)41-29(40)36-16-10-11-17-36;1-5-34(6-2)28-31-20-25(37(21(3)4)29(40)35-15-7-8-16-35)26(33-28)32-24(27(38)39)19-22-11-13-23(14-12-22)42-30(41)36-17-9-10-18-36;2*1-2-4-5-3-1/h12-15,19-20,23H,8-11,16-18H2,1-7H3,(H,32,33,34);11-14,20-21,24H,5-10,15-19H2,1-4H3,(H,38,39)(H,31,32,33);5H,1-4H2;1-4H2/t23-;24-;;/m00../s1. The molecular formula is C68H103ClN14O11. The third-order valence-corrected chi connectivity index (χ3v) is 16.4. The molecule has 2 aromatic carbocycles. The van der Waals surface area contributed by atoms with Crippen LogP contribution in [0.1, 0.15) is 151 Å². The summed E-state index contributed by atoms with van der Waals surface area (Å²) in [6.45, 7) is 32.2. The number of hydrogen-bond acceptors (Lipinski definition) is 19. The maximum Gasteiger partial charge on any atom is 0.415 e. The summed E-state index contributed by atoms with van der Waals surface area (Å²) in [6.07, 6.45) is 13.9. The van der Waals surface area contributed by atoms with Gasteiger partial charge >= 0.3 is 35.5 Å². The molecule has 0 spiro atoms. The van der Waals surface area contributed by atoms with Crippen LogP contribution in [-0.4, -0.2) is 197 Å². The van der Waals surface area contributed by atoms with E-state index < -0.39 is 35.0 Å². The molecule has 4 aromatic rings. The van der Waals surface area contributed by atoms with Gasteiger partial charge in [-0.25, -0.2) is 33.9 Å². The van der Waals surface area contributed by atoms with Crippen LogP contribution in [0.5, 0.6) is 11.5 Å². The summed E-state index contributed by atoms with van der Waals surface area (Å²) >= 11 is 5.97. The number of aromatic nitrogens is 4. The summed E-state index contributed by atoms with van der Waals surface area (Å²) in [5.41, 5.74) is 1.59. The highest BCUT2D eigenvalue weighted by Crippen LogP contribution is 2.33. The van der Waals surface area contributed by atoms with Crippen LogP contribution in [0.4, 0.5) is 54.1 Å². The van der Waals surface area contributed by atoms with Gasteiger partial charge in [0.25, 0.3) is 0 Å². The first-order valence-corrected chi connectivity index (χ1v) is 34.1. The lowest BCUT2D eigenvalue weighted by Gasteiger charge is -2.33. The number of anilines is 6. The van der Waals surface area contributed by atoms with Gasteiger partial charge in [0, 0.05) is 104 Å². The van der Waals surface area contributed by atoms with E-state index in [-0.39, 0.29) is 54.8 Å². The zero-order chi connectivity index (χ0) is 68.3. The fourth-order valence-corrected chi connectivity index (χ4v) is 11.4. The molecule has 0 unspecified atom stereocenters. The van der Waals surface area contributed by atoms with Crippen LogP contribution in [0.3, 0.4) is 0 Å². The normalized spacial score (nSPS) is 15.7. The van der Waals surface area contributed by atoms with E-state index in [2.05, 4.69) is 25.9 Å². The maximum absolute atomic E-state index is 13.6. The molecule has 5 amide bonds. The second kappa shape index (κ2) is 37.9. The SMILES string of the molecule is C1CCNC1.C1CCOC1.CCN(CC)c1ncc(N(C(=O)Cl)C(C)C)c(N[C@@H](Cc2ccc(OC(=O)N3CCCC3)cc2)C(=O)OC(C)(C)C)n1.CCN(CC)c1ncc(N(C(=O)N2CCCC2)C(C)C)c(N[C@@H](Cc2ccc(OC(=O)N3CCCC3)cc2)C(=O)O)n1. The molecule has 7 heterocycles. The monoisotopic (exact) mass is 1330 g/mol. The highest BCUT2D eigenvalue weighted by atomic mass is 35.5. The van der Waals surface area contributed by atoms with Crippen molar-refractivity contribution in [3.8, 4) is 11.5 Å². The number of carboxylic acid groups (broad SMARTS) is 1. The van der Waals surface area contributed by atoms with E-state index in [0.29, 0.717) is 100 Å². The summed E-state index contributed by atoms with van der Waals surface area (Å²) in [4.78, 5) is 107. The number of ether oxygens (including phenoxy) is 4. The number of amides is 5. The van der Waals surface area contributed by atoms with Crippen LogP contribution in [0, 0.1) is 0 Å². The van der Waals surface area contributed by atoms with E-state index in [1.54, 1.807) is 96.4 Å². The van der Waals surface area contributed by atoms with E-state index >= 15 is 0 Å². The van der Waals surface area contributed by atoms with Gasteiger partial charge in [-0.1, -0.05) is 24.3 Å². The molecule has 25 nitrogen and oxygen atoms in total. The first kappa shape index (κ1) is 75.3. The van der Waals surface area contributed by atoms with Gasteiger partial charge in [-0.15, -0.1) is 0 Å². The number of urea groups is 1. The molecule has 26 heteroatoms. The van der Waals surface area contributed by atoms with Gasteiger partial charge in [0.2, 0.25) is 11.9 Å². The minimum atomic E-state index is -1.06. The number of esters is 1. The summed E-state index contributed by atoms with van der Waals surface area (Å²) < 4.78 is 21.7. The quantitative estimate of drug-likeness (QED) is 0.0323. The van der Waals surface area contributed by atoms with Crippen LogP contribution >= 0.6 is 11.6 Å². The number of carboxylic acids is 1. The molecule has 2 atom stereocenters. The molecule has 518 valence electrons. The highest BCUT2D eigenvalue weighted by molar-refractivity contribution is 6.66. The molecule has 94 heavy (non-hydrogen) atoms. The average molecular weight is 1330 g/mol. The van der Waals surface area contributed by atoms with Crippen molar-refractivity contribution in [2.24, 2.45) is 0 Å². The van der Waals surface area contributed by atoms with Gasteiger partial charge in [-0.3, -0.25) is 14.6 Å². The van der Waals surface area contributed by atoms with E-state index in [1.807, 2.05) is 70.1 Å². The molecule has 2 aromatic heterocycles. The Hall–Kier alpha value is -7.77. The van der Waals surface area contributed by atoms with E-state index in [0.717, 1.165) is 62.9 Å². The smallest absolute Gasteiger partial charge is 0.415 e. The third kappa shape index (κ3) is 23.3. The Kier molecular flexibility index (Phi) is 30.4. The van der Waals surface area contributed by atoms with Gasteiger partial charge in [-0.05, 0) is 200 Å². The molecule has 5 aliphatic rings. The Bertz CT molecular complexity index is 2990. The largest absolute Gasteiger partial charge is 0.480 e. The van der Waals surface area contributed by atoms with Crippen molar-refractivity contribution in [1.82, 2.24) is 40.0 Å². The van der Waals surface area contributed by atoms with Crippen molar-refractivity contribution >= 4 is 82.0 Å². The van der Waals surface area contributed by atoms with E-state index in [9.17, 15) is 33.9 Å². The second-order valence-electron chi connectivity index (χ2n) is 25.2. The van der Waals surface area contributed by atoms with Crippen molar-refractivity contribution < 1.29 is 52.8 Å². The summed E-state index contributed by atoms with van der Waals surface area (Å²) in [5.74, 6) is 0.752. The van der Waals surface area contributed by atoms with Gasteiger partial charge in [0.15, 0.2) is 11.6 Å². The first-order valence-electron chi connectivity index (χ1n) is 33.7. The molecule has 5 saturated heterocycles. The average Bonchev–Trinajstić information content (AvgIpc) is 0.933. The molecule has 0 saturated carbocycles. The number of aliphatic carboxylic acids is 1. The second-order valence-corrected chi connectivity index (χ2v) is 25.5. The Morgan fingerprint density at radius 3 is 1.32 bits per heavy atom. The molecule has 0 radical (unpaired) electrons. The zero-order valence-corrected chi connectivity index (χ0v) is 58.1. The van der Waals surface area contributed by atoms with Crippen LogP contribution < -0.4 is 45.0 Å². The van der Waals surface area contributed by atoms with Crippen molar-refractivity contribution in [3.63, 3.8) is 0 Å². The lowest BCUT2D eigenvalue weighted by Crippen LogP contribution is -2.46. The summed E-state index contributed by atoms with van der Waals surface area (Å²) in [7, 11) is 0. The van der Waals surface area contributed by atoms with Crippen LogP contribution in [0.15, 0.2) is 60.9 Å². The Morgan fingerprint density at radius 1 is 0.585 bits per heavy atom. The number of nitrogens with zero attached hydrogens (tertiary/aromatic N) is 11. The van der Waals surface area contributed by atoms with E-state index in [4.69, 9.17) is 40.5 Å². The van der Waals surface area contributed by atoms with Gasteiger partial charge in [0.1, 0.15) is 40.6 Å². The zero-order valence-electron chi connectivity index (χ0n) is 57.3. The number of benzene rings is 2. The fourth-order valence-electron chi connectivity index (χ4n) is 11.1. The number of carbonyl (C=O) groups is 6. The van der Waals surface area contributed by atoms with Gasteiger partial charge in [0.05, 0.1) is 12.4 Å². The van der Waals surface area contributed by atoms with Gasteiger partial charge in [-0.2, -0.15) is 9.97 Å². The van der Waals surface area contributed by atoms with Crippen molar-refractivity contribution in [2.75, 3.05) is 122 Å². The Morgan fingerprint density at radius 2 is 0.979 bits per heavy atom. The minimum absolute atomic E-state index is 0.140. The van der Waals surface area contributed by atoms with E-state index in [1.165, 1.54) is 43.7 Å². The molecule has 0 aliphatic carbocycles. The maximum atomic E-state index is 13.6. The lowest BCUT2D eigenvalue weighted by atomic mass is 10.0. The molecule has 9 rings (SSSR count). The predicted molar refractivity (Wildman–Crippen MR) is 368 cm³/mol. The number of nitrogens with one attached hydrogen (secondary N) is 3. The fraction of sp³-hybridized carbons (Fsp3) is 0.618. The van der Waals surface area contributed by atoms with Crippen LogP contribution in [0.25, 0.3) is 0 Å². The van der Waals surface area contributed by atoms with Crippen molar-refractivity contribution in [2.45, 2.75) is 183 Å². The number of likely N-dealkylation sites (tertiary alicyclic amines) is 3. The minimum Gasteiger partial charge on any atom is -0.480 e. The summed E-state index contributed by atoms with van der Waals surface area (Å²) in [6, 6.07) is 11.3. The molecule has 5 fully saturated rings.